The molecule has 0 bridgehead atoms. The highest BCUT2D eigenvalue weighted by molar-refractivity contribution is 7.07. The molecule has 0 aliphatic heterocycles. The van der Waals surface area contributed by atoms with E-state index in [2.05, 4.69) is 5.32 Å². The quantitative estimate of drug-likeness (QED) is 0.680. The molecule has 2 aromatic rings. The van der Waals surface area contributed by atoms with Crippen LogP contribution in [0.5, 0.6) is 0 Å². The van der Waals surface area contributed by atoms with Gasteiger partial charge in [0.15, 0.2) is 0 Å². The van der Waals surface area contributed by atoms with E-state index in [1.807, 2.05) is 16.8 Å². The van der Waals surface area contributed by atoms with Crippen molar-refractivity contribution in [1.29, 1.82) is 0 Å². The van der Waals surface area contributed by atoms with Crippen LogP contribution in [-0.4, -0.2) is 17.4 Å². The second kappa shape index (κ2) is 6.49. The van der Waals surface area contributed by atoms with Crippen molar-refractivity contribution in [3.63, 3.8) is 0 Å². The molecule has 1 amide bonds. The molecule has 7 heteroatoms. The van der Waals surface area contributed by atoms with Gasteiger partial charge >= 0.3 is 5.69 Å². The molecule has 0 saturated heterocycles. The van der Waals surface area contributed by atoms with E-state index in [1.165, 1.54) is 18.2 Å². The molecule has 0 unspecified atom stereocenters. The summed E-state index contributed by atoms with van der Waals surface area (Å²) in [7, 11) is 0. The third kappa shape index (κ3) is 3.34. The SMILES string of the molecule is O=C(NCCc1ccsc1)c1cccc(Cl)c1[N+](=O)[O-]. The molecule has 1 N–H and O–H groups in total. The average molecular weight is 311 g/mol. The number of hydrogen-bond acceptors (Lipinski definition) is 4. The van der Waals surface area contributed by atoms with Crippen LogP contribution in [0.3, 0.4) is 0 Å². The van der Waals surface area contributed by atoms with Crippen molar-refractivity contribution in [3.05, 3.63) is 61.3 Å². The van der Waals surface area contributed by atoms with Gasteiger partial charge in [0.1, 0.15) is 10.6 Å². The lowest BCUT2D eigenvalue weighted by molar-refractivity contribution is -0.385. The average Bonchev–Trinajstić information content (AvgIpc) is 2.91. The lowest BCUT2D eigenvalue weighted by Crippen LogP contribution is -2.26. The van der Waals surface area contributed by atoms with Gasteiger partial charge in [-0.25, -0.2) is 0 Å². The fourth-order valence-electron chi connectivity index (χ4n) is 1.73. The van der Waals surface area contributed by atoms with Crippen LogP contribution < -0.4 is 5.32 Å². The largest absolute Gasteiger partial charge is 0.351 e. The zero-order chi connectivity index (χ0) is 14.5. The zero-order valence-corrected chi connectivity index (χ0v) is 11.9. The summed E-state index contributed by atoms with van der Waals surface area (Å²) in [6.45, 7) is 0.416. The van der Waals surface area contributed by atoms with E-state index in [4.69, 9.17) is 11.6 Å². The highest BCUT2D eigenvalue weighted by atomic mass is 35.5. The summed E-state index contributed by atoms with van der Waals surface area (Å²) in [5.74, 6) is -0.491. The molecule has 0 aliphatic rings. The number of hydrogen-bond donors (Lipinski definition) is 1. The molecule has 2 rings (SSSR count). The lowest BCUT2D eigenvalue weighted by atomic mass is 10.1. The van der Waals surface area contributed by atoms with E-state index in [0.29, 0.717) is 13.0 Å². The number of halogens is 1. The summed E-state index contributed by atoms with van der Waals surface area (Å²) in [5, 5.41) is 17.5. The number of benzene rings is 1. The number of nitro benzene ring substituents is 1. The van der Waals surface area contributed by atoms with E-state index < -0.39 is 10.8 Å². The Hall–Kier alpha value is -1.92. The van der Waals surface area contributed by atoms with Crippen LogP contribution in [0.15, 0.2) is 35.0 Å². The molecule has 1 aromatic carbocycles. The Morgan fingerprint density at radius 2 is 2.20 bits per heavy atom. The van der Waals surface area contributed by atoms with Gasteiger partial charge in [-0.15, -0.1) is 0 Å². The first-order chi connectivity index (χ1) is 9.59. The summed E-state index contributed by atoms with van der Waals surface area (Å²) in [6.07, 6.45) is 0.684. The smallest absolute Gasteiger partial charge is 0.300 e. The molecule has 0 radical (unpaired) electrons. The van der Waals surface area contributed by atoms with Crippen LogP contribution in [0.25, 0.3) is 0 Å². The Morgan fingerprint density at radius 3 is 2.85 bits per heavy atom. The van der Waals surface area contributed by atoms with Crippen molar-refractivity contribution < 1.29 is 9.72 Å². The Morgan fingerprint density at radius 1 is 1.40 bits per heavy atom. The fraction of sp³-hybridized carbons (Fsp3) is 0.154. The molecule has 20 heavy (non-hydrogen) atoms. The number of para-hydroxylation sites is 1. The third-order valence-corrected chi connectivity index (χ3v) is 3.73. The molecule has 1 aromatic heterocycles. The summed E-state index contributed by atoms with van der Waals surface area (Å²) in [6, 6.07) is 6.27. The van der Waals surface area contributed by atoms with Crippen LogP contribution >= 0.6 is 22.9 Å². The highest BCUT2D eigenvalue weighted by Crippen LogP contribution is 2.27. The molecule has 0 saturated carbocycles. The molecule has 104 valence electrons. The van der Waals surface area contributed by atoms with Gasteiger partial charge in [-0.05, 0) is 40.9 Å². The minimum absolute atomic E-state index is 0.0205. The van der Waals surface area contributed by atoms with Crippen molar-refractivity contribution in [1.82, 2.24) is 5.32 Å². The predicted octanol–water partition coefficient (Wildman–Crippen LogP) is 3.28. The fourth-order valence-corrected chi connectivity index (χ4v) is 2.68. The number of nitro groups is 1. The van der Waals surface area contributed by atoms with Gasteiger partial charge < -0.3 is 5.32 Å². The molecule has 1 heterocycles. The standard InChI is InChI=1S/C13H11ClN2O3S/c14-11-3-1-2-10(12(11)16(18)19)13(17)15-6-4-9-5-7-20-8-9/h1-3,5,7-8H,4,6H2,(H,15,17). The Labute approximate surface area is 124 Å². The molecule has 0 spiro atoms. The number of amides is 1. The molecule has 0 aliphatic carbocycles. The number of carbonyl (C=O) groups is 1. The predicted molar refractivity (Wildman–Crippen MR) is 78.5 cm³/mol. The van der Waals surface area contributed by atoms with Crippen molar-refractivity contribution in [2.75, 3.05) is 6.54 Å². The maximum atomic E-state index is 12.0. The third-order valence-electron chi connectivity index (χ3n) is 2.69. The number of carbonyl (C=O) groups excluding carboxylic acids is 1. The van der Waals surface area contributed by atoms with Crippen LogP contribution in [-0.2, 0) is 6.42 Å². The number of rotatable bonds is 5. The van der Waals surface area contributed by atoms with Crippen molar-refractivity contribution >= 4 is 34.5 Å². The van der Waals surface area contributed by atoms with Gasteiger partial charge in [0.25, 0.3) is 5.91 Å². The summed E-state index contributed by atoms with van der Waals surface area (Å²) >= 11 is 7.35. The van der Waals surface area contributed by atoms with E-state index in [-0.39, 0.29) is 16.3 Å². The normalized spacial score (nSPS) is 10.2. The molecular weight excluding hydrogens is 300 g/mol. The van der Waals surface area contributed by atoms with E-state index in [1.54, 1.807) is 11.3 Å². The first kappa shape index (κ1) is 14.5. The van der Waals surface area contributed by atoms with Crippen molar-refractivity contribution in [2.24, 2.45) is 0 Å². The van der Waals surface area contributed by atoms with E-state index in [0.717, 1.165) is 5.56 Å². The highest BCUT2D eigenvalue weighted by Gasteiger charge is 2.23. The van der Waals surface area contributed by atoms with E-state index >= 15 is 0 Å². The Kier molecular flexibility index (Phi) is 4.70. The minimum Gasteiger partial charge on any atom is -0.351 e. The zero-order valence-electron chi connectivity index (χ0n) is 10.3. The second-order valence-electron chi connectivity index (χ2n) is 4.03. The number of thiophene rings is 1. The number of nitrogens with one attached hydrogen (secondary N) is 1. The molecular formula is C13H11ClN2O3S. The Bertz CT molecular complexity index is 629. The van der Waals surface area contributed by atoms with Crippen LogP contribution in [0.4, 0.5) is 5.69 Å². The van der Waals surface area contributed by atoms with Crippen molar-refractivity contribution in [3.8, 4) is 0 Å². The first-order valence-corrected chi connectivity index (χ1v) is 7.14. The maximum absolute atomic E-state index is 12.0. The van der Waals surface area contributed by atoms with Gasteiger partial charge in [0.05, 0.1) is 4.92 Å². The van der Waals surface area contributed by atoms with Gasteiger partial charge in [-0.2, -0.15) is 11.3 Å². The summed E-state index contributed by atoms with van der Waals surface area (Å²) in [4.78, 5) is 22.3. The molecule has 0 fully saturated rings. The van der Waals surface area contributed by atoms with E-state index in [9.17, 15) is 14.9 Å². The van der Waals surface area contributed by atoms with Gasteiger partial charge in [-0.1, -0.05) is 17.7 Å². The van der Waals surface area contributed by atoms with Crippen molar-refractivity contribution in [2.45, 2.75) is 6.42 Å². The van der Waals surface area contributed by atoms with Gasteiger partial charge in [0, 0.05) is 6.54 Å². The summed E-state index contributed by atoms with van der Waals surface area (Å²) in [5.41, 5.74) is 0.742. The van der Waals surface area contributed by atoms with Crippen LogP contribution in [0, 0.1) is 10.1 Å². The van der Waals surface area contributed by atoms with Gasteiger partial charge in [-0.3, -0.25) is 14.9 Å². The van der Waals surface area contributed by atoms with Crippen LogP contribution in [0.2, 0.25) is 5.02 Å². The Balaban J connectivity index is 2.06. The maximum Gasteiger partial charge on any atom is 0.300 e. The van der Waals surface area contributed by atoms with Crippen LogP contribution in [0.1, 0.15) is 15.9 Å². The first-order valence-electron chi connectivity index (χ1n) is 5.82. The minimum atomic E-state index is -0.643. The monoisotopic (exact) mass is 310 g/mol. The number of nitrogens with zero attached hydrogens (tertiary/aromatic N) is 1. The second-order valence-corrected chi connectivity index (χ2v) is 5.22. The summed E-state index contributed by atoms with van der Waals surface area (Å²) < 4.78 is 0. The lowest BCUT2D eigenvalue weighted by Gasteiger charge is -2.06. The van der Waals surface area contributed by atoms with Gasteiger partial charge in [0.2, 0.25) is 0 Å². The molecule has 0 atom stereocenters. The molecule has 5 nitrogen and oxygen atoms in total. The topological polar surface area (TPSA) is 72.2 Å².